The van der Waals surface area contributed by atoms with Gasteiger partial charge in [0.25, 0.3) is 0 Å². The van der Waals surface area contributed by atoms with Gasteiger partial charge in [-0.25, -0.2) is 18.4 Å². The molecule has 8 heteroatoms. The van der Waals surface area contributed by atoms with E-state index in [1.54, 1.807) is 66.3 Å². The SMILES string of the molecule is Cc1cc(Cl)ccc1S(=O)(=O)c1ccc(CCC(=O)c2cnc3nccn3c2)cc1. The Kier molecular flexibility index (Phi) is 5.40. The molecule has 0 aliphatic carbocycles. The van der Waals surface area contributed by atoms with E-state index in [0.717, 1.165) is 5.56 Å². The van der Waals surface area contributed by atoms with Gasteiger partial charge in [-0.3, -0.25) is 9.20 Å². The first-order chi connectivity index (χ1) is 14.3. The monoisotopic (exact) mass is 439 g/mol. The molecule has 6 nitrogen and oxygen atoms in total. The number of benzene rings is 2. The normalized spacial score (nSPS) is 11.7. The van der Waals surface area contributed by atoms with Gasteiger partial charge in [-0.2, -0.15) is 0 Å². The van der Waals surface area contributed by atoms with E-state index in [9.17, 15) is 13.2 Å². The molecule has 0 N–H and O–H groups in total. The highest BCUT2D eigenvalue weighted by molar-refractivity contribution is 7.91. The third-order valence-electron chi connectivity index (χ3n) is 4.87. The van der Waals surface area contributed by atoms with E-state index >= 15 is 0 Å². The molecular weight excluding hydrogens is 422 g/mol. The van der Waals surface area contributed by atoms with E-state index in [1.165, 1.54) is 12.3 Å². The summed E-state index contributed by atoms with van der Waals surface area (Å²) < 4.78 is 27.5. The van der Waals surface area contributed by atoms with Crippen LogP contribution in [0, 0.1) is 6.92 Å². The number of carbonyl (C=O) groups excluding carboxylic acids is 1. The van der Waals surface area contributed by atoms with E-state index in [2.05, 4.69) is 9.97 Å². The second-order valence-electron chi connectivity index (χ2n) is 6.96. The quantitative estimate of drug-likeness (QED) is 0.417. The summed E-state index contributed by atoms with van der Waals surface area (Å²) in [5.41, 5.74) is 1.99. The fraction of sp³-hybridized carbons (Fsp3) is 0.136. The smallest absolute Gasteiger partial charge is 0.233 e. The second kappa shape index (κ2) is 8.01. The summed E-state index contributed by atoms with van der Waals surface area (Å²) in [6.07, 6.45) is 7.39. The zero-order valence-corrected chi connectivity index (χ0v) is 17.7. The summed E-state index contributed by atoms with van der Waals surface area (Å²) in [5, 5.41) is 0.494. The Bertz CT molecular complexity index is 1350. The molecule has 30 heavy (non-hydrogen) atoms. The van der Waals surface area contributed by atoms with Gasteiger partial charge in [-0.05, 0) is 54.8 Å². The highest BCUT2D eigenvalue weighted by atomic mass is 35.5. The number of rotatable bonds is 6. The molecule has 4 rings (SSSR count). The van der Waals surface area contributed by atoms with E-state index in [4.69, 9.17) is 11.6 Å². The van der Waals surface area contributed by atoms with Crippen LogP contribution in [0.1, 0.15) is 27.9 Å². The van der Waals surface area contributed by atoms with Crippen molar-refractivity contribution in [3.05, 3.63) is 89.0 Å². The second-order valence-corrected chi connectivity index (χ2v) is 9.31. The van der Waals surface area contributed by atoms with Gasteiger partial charge in [0.05, 0.1) is 15.4 Å². The van der Waals surface area contributed by atoms with Gasteiger partial charge in [0.1, 0.15) is 0 Å². The van der Waals surface area contributed by atoms with E-state index < -0.39 is 9.84 Å². The van der Waals surface area contributed by atoms with Crippen molar-refractivity contribution in [2.75, 3.05) is 0 Å². The van der Waals surface area contributed by atoms with Gasteiger partial charge in [-0.1, -0.05) is 23.7 Å². The molecule has 0 fully saturated rings. The first-order valence-electron chi connectivity index (χ1n) is 9.27. The molecule has 0 atom stereocenters. The highest BCUT2D eigenvalue weighted by Crippen LogP contribution is 2.26. The topological polar surface area (TPSA) is 81.4 Å². The maximum Gasteiger partial charge on any atom is 0.233 e. The molecule has 0 radical (unpaired) electrons. The molecule has 2 aromatic carbocycles. The Morgan fingerprint density at radius 2 is 1.87 bits per heavy atom. The summed E-state index contributed by atoms with van der Waals surface area (Å²) in [4.78, 5) is 21.1. The summed E-state index contributed by atoms with van der Waals surface area (Å²) in [6, 6.07) is 11.3. The lowest BCUT2D eigenvalue weighted by molar-refractivity contribution is 0.0982. The van der Waals surface area contributed by atoms with E-state index in [0.29, 0.717) is 34.8 Å². The van der Waals surface area contributed by atoms with Crippen molar-refractivity contribution in [3.8, 4) is 0 Å². The number of halogens is 1. The van der Waals surface area contributed by atoms with E-state index in [-0.39, 0.29) is 15.6 Å². The Labute approximate surface area is 179 Å². The Balaban J connectivity index is 1.47. The van der Waals surface area contributed by atoms with Crippen molar-refractivity contribution in [2.45, 2.75) is 29.6 Å². The number of imidazole rings is 1. The largest absolute Gasteiger partial charge is 0.294 e. The number of carbonyl (C=O) groups is 1. The number of ketones is 1. The Morgan fingerprint density at radius 3 is 2.60 bits per heavy atom. The molecule has 0 amide bonds. The number of aromatic nitrogens is 3. The minimum absolute atomic E-state index is 0.0356. The van der Waals surface area contributed by atoms with Gasteiger partial charge >= 0.3 is 0 Å². The zero-order valence-electron chi connectivity index (χ0n) is 16.1. The zero-order chi connectivity index (χ0) is 21.3. The van der Waals surface area contributed by atoms with Crippen LogP contribution in [0.2, 0.25) is 5.02 Å². The van der Waals surface area contributed by atoms with Gasteiger partial charge < -0.3 is 0 Å². The summed E-state index contributed by atoms with van der Waals surface area (Å²) in [6.45, 7) is 1.72. The van der Waals surface area contributed by atoms with Gasteiger partial charge in [0.2, 0.25) is 15.6 Å². The van der Waals surface area contributed by atoms with Crippen molar-refractivity contribution < 1.29 is 13.2 Å². The first-order valence-corrected chi connectivity index (χ1v) is 11.1. The van der Waals surface area contributed by atoms with Crippen molar-refractivity contribution in [1.29, 1.82) is 0 Å². The number of sulfone groups is 1. The minimum Gasteiger partial charge on any atom is -0.294 e. The maximum atomic E-state index is 12.9. The maximum absolute atomic E-state index is 12.9. The fourth-order valence-corrected chi connectivity index (χ4v) is 4.94. The number of aryl methyl sites for hydroxylation is 2. The van der Waals surface area contributed by atoms with Gasteiger partial charge in [0.15, 0.2) is 5.78 Å². The summed E-state index contributed by atoms with van der Waals surface area (Å²) in [5.74, 6) is 0.505. The predicted molar refractivity (Wildman–Crippen MR) is 114 cm³/mol. The minimum atomic E-state index is -3.64. The number of hydrogen-bond acceptors (Lipinski definition) is 5. The Hall–Kier alpha value is -3.03. The predicted octanol–water partition coefficient (Wildman–Crippen LogP) is 4.34. The molecule has 0 aliphatic heterocycles. The number of nitrogens with zero attached hydrogens (tertiary/aromatic N) is 3. The third-order valence-corrected chi connectivity index (χ3v) is 7.03. The molecule has 0 unspecified atom stereocenters. The van der Waals surface area contributed by atoms with Crippen molar-refractivity contribution in [2.24, 2.45) is 0 Å². The van der Waals surface area contributed by atoms with Crippen LogP contribution in [0.5, 0.6) is 0 Å². The van der Waals surface area contributed by atoms with Crippen LogP contribution in [0.4, 0.5) is 0 Å². The van der Waals surface area contributed by atoms with Crippen LogP contribution in [0.15, 0.2) is 77.0 Å². The van der Waals surface area contributed by atoms with Crippen LogP contribution in [0.3, 0.4) is 0 Å². The molecule has 0 saturated carbocycles. The lowest BCUT2D eigenvalue weighted by Crippen LogP contribution is -2.05. The average Bonchev–Trinajstić information content (AvgIpc) is 3.20. The summed E-state index contributed by atoms with van der Waals surface area (Å²) >= 11 is 5.93. The lowest BCUT2D eigenvalue weighted by atomic mass is 10.0. The molecule has 2 aromatic heterocycles. The molecule has 4 aromatic rings. The fourth-order valence-electron chi connectivity index (χ4n) is 3.24. The van der Waals surface area contributed by atoms with Crippen molar-refractivity contribution >= 4 is 33.0 Å². The molecule has 152 valence electrons. The van der Waals surface area contributed by atoms with Gasteiger partial charge in [-0.15, -0.1) is 0 Å². The molecule has 2 heterocycles. The van der Waals surface area contributed by atoms with Crippen molar-refractivity contribution in [3.63, 3.8) is 0 Å². The average molecular weight is 440 g/mol. The Morgan fingerprint density at radius 1 is 1.10 bits per heavy atom. The number of fused-ring (bicyclic) bond motifs is 1. The molecule has 0 spiro atoms. The molecule has 0 bridgehead atoms. The number of Topliss-reactive ketones (excluding diaryl/α,β-unsaturated/α-hetero) is 1. The van der Waals surface area contributed by atoms with Crippen LogP contribution < -0.4 is 0 Å². The molecular formula is C22H18ClN3O3S. The standard InChI is InChI=1S/C22H18ClN3O3S/c1-15-12-18(23)5-9-21(15)30(28,29)19-6-2-16(3-7-19)4-8-20(27)17-13-25-22-24-10-11-26(22)14-17/h2-3,5-7,9-14H,4,8H2,1H3. The lowest BCUT2D eigenvalue weighted by Gasteiger charge is -2.09. The van der Waals surface area contributed by atoms with E-state index in [1.807, 2.05) is 0 Å². The van der Waals surface area contributed by atoms with Crippen LogP contribution >= 0.6 is 11.6 Å². The van der Waals surface area contributed by atoms with Crippen LogP contribution in [0.25, 0.3) is 5.78 Å². The summed E-state index contributed by atoms with van der Waals surface area (Å²) in [7, 11) is -3.64. The van der Waals surface area contributed by atoms with Crippen LogP contribution in [-0.2, 0) is 16.3 Å². The third kappa shape index (κ3) is 3.99. The van der Waals surface area contributed by atoms with Crippen molar-refractivity contribution in [1.82, 2.24) is 14.4 Å². The van der Waals surface area contributed by atoms with Crippen LogP contribution in [-0.4, -0.2) is 28.6 Å². The van der Waals surface area contributed by atoms with Gasteiger partial charge in [0, 0.05) is 36.2 Å². The molecule has 0 saturated heterocycles. The first kappa shape index (κ1) is 20.3. The highest BCUT2D eigenvalue weighted by Gasteiger charge is 2.20. The molecule has 0 aliphatic rings. The number of hydrogen-bond donors (Lipinski definition) is 0.